The van der Waals surface area contributed by atoms with E-state index in [0.29, 0.717) is 6.07 Å². The molecule has 7 nitrogen and oxygen atoms in total. The zero-order chi connectivity index (χ0) is 14.2. The predicted molar refractivity (Wildman–Crippen MR) is 58.4 cm³/mol. The Hall–Kier alpha value is -2.58. The molecular weight excluding hydrogens is 264 g/mol. The SMILES string of the molecule is O=C1CN(c2c([N+](=O)[O-])ccc(F)c2F)CC(=O)N1. The monoisotopic (exact) mass is 271 g/mol. The Morgan fingerprint density at radius 1 is 1.21 bits per heavy atom. The summed E-state index contributed by atoms with van der Waals surface area (Å²) in [6.45, 7) is -0.931. The Balaban J connectivity index is 2.53. The molecule has 1 saturated heterocycles. The van der Waals surface area contributed by atoms with Gasteiger partial charge in [0, 0.05) is 6.07 Å². The first kappa shape index (κ1) is 12.9. The molecule has 0 spiro atoms. The van der Waals surface area contributed by atoms with Crippen LogP contribution in [0.2, 0.25) is 0 Å². The third kappa shape index (κ3) is 2.34. The van der Waals surface area contributed by atoms with Gasteiger partial charge in [-0.2, -0.15) is 0 Å². The first-order chi connectivity index (χ1) is 8.90. The van der Waals surface area contributed by atoms with Crippen LogP contribution in [-0.4, -0.2) is 29.8 Å². The van der Waals surface area contributed by atoms with Crippen molar-refractivity contribution in [1.82, 2.24) is 5.32 Å². The predicted octanol–water partition coefficient (Wildman–Crippen LogP) is 0.336. The van der Waals surface area contributed by atoms with Crippen molar-refractivity contribution in [3.8, 4) is 0 Å². The summed E-state index contributed by atoms with van der Waals surface area (Å²) >= 11 is 0. The molecule has 2 rings (SSSR count). The summed E-state index contributed by atoms with van der Waals surface area (Å²) < 4.78 is 26.9. The summed E-state index contributed by atoms with van der Waals surface area (Å²) in [6, 6.07) is 1.40. The van der Waals surface area contributed by atoms with Gasteiger partial charge in [0.15, 0.2) is 17.3 Å². The number of amides is 2. The lowest BCUT2D eigenvalue weighted by Crippen LogP contribution is -2.52. The number of anilines is 1. The number of imide groups is 1. The maximum Gasteiger partial charge on any atom is 0.295 e. The fourth-order valence-electron chi connectivity index (χ4n) is 1.77. The normalized spacial score (nSPS) is 15.4. The van der Waals surface area contributed by atoms with Gasteiger partial charge in [0.25, 0.3) is 5.69 Å². The molecule has 0 saturated carbocycles. The summed E-state index contributed by atoms with van der Waals surface area (Å²) in [7, 11) is 0. The maximum absolute atomic E-state index is 13.7. The van der Waals surface area contributed by atoms with Gasteiger partial charge in [-0.05, 0) is 6.07 Å². The highest BCUT2D eigenvalue weighted by molar-refractivity contribution is 6.03. The van der Waals surface area contributed by atoms with Gasteiger partial charge in [0.05, 0.1) is 18.0 Å². The molecule has 1 aliphatic rings. The Kier molecular flexibility index (Phi) is 3.11. The summed E-state index contributed by atoms with van der Waals surface area (Å²) in [4.78, 5) is 33.1. The molecule has 9 heteroatoms. The highest BCUT2D eigenvalue weighted by atomic mass is 19.2. The van der Waals surface area contributed by atoms with Gasteiger partial charge in [-0.25, -0.2) is 8.78 Å². The van der Waals surface area contributed by atoms with E-state index >= 15 is 0 Å². The number of nitro groups is 1. The van der Waals surface area contributed by atoms with Crippen LogP contribution in [0.4, 0.5) is 20.2 Å². The van der Waals surface area contributed by atoms with Crippen LogP contribution < -0.4 is 10.2 Å². The second-order valence-electron chi connectivity index (χ2n) is 3.81. The first-order valence-electron chi connectivity index (χ1n) is 5.10. The van der Waals surface area contributed by atoms with Crippen LogP contribution in [0.15, 0.2) is 12.1 Å². The minimum atomic E-state index is -1.46. The molecule has 1 aromatic rings. The van der Waals surface area contributed by atoms with Gasteiger partial charge in [-0.1, -0.05) is 0 Å². The highest BCUT2D eigenvalue weighted by Gasteiger charge is 2.32. The van der Waals surface area contributed by atoms with Gasteiger partial charge in [-0.15, -0.1) is 0 Å². The summed E-state index contributed by atoms with van der Waals surface area (Å²) in [5.74, 6) is -4.24. The van der Waals surface area contributed by atoms with Crippen molar-refractivity contribution in [3.05, 3.63) is 33.9 Å². The second-order valence-corrected chi connectivity index (χ2v) is 3.81. The smallest absolute Gasteiger partial charge is 0.295 e. The third-order valence-electron chi connectivity index (χ3n) is 2.51. The first-order valence-corrected chi connectivity index (χ1v) is 5.10. The molecule has 1 N–H and O–H groups in total. The molecular formula is C10H7F2N3O4. The van der Waals surface area contributed by atoms with Crippen molar-refractivity contribution in [2.45, 2.75) is 0 Å². The minimum Gasteiger partial charge on any atom is -0.345 e. The van der Waals surface area contributed by atoms with Crippen LogP contribution in [0.1, 0.15) is 0 Å². The van der Waals surface area contributed by atoms with E-state index in [2.05, 4.69) is 0 Å². The zero-order valence-electron chi connectivity index (χ0n) is 9.35. The number of nitrogens with one attached hydrogen (secondary N) is 1. The number of hydrogen-bond acceptors (Lipinski definition) is 5. The molecule has 0 aromatic heterocycles. The fraction of sp³-hybridized carbons (Fsp3) is 0.200. The van der Waals surface area contributed by atoms with Crippen molar-refractivity contribution in [1.29, 1.82) is 0 Å². The molecule has 1 heterocycles. The van der Waals surface area contributed by atoms with E-state index in [0.717, 1.165) is 11.0 Å². The number of benzene rings is 1. The Morgan fingerprint density at radius 2 is 1.79 bits per heavy atom. The quantitative estimate of drug-likeness (QED) is 0.475. The number of nitrogens with zero attached hydrogens (tertiary/aromatic N) is 2. The Morgan fingerprint density at radius 3 is 2.32 bits per heavy atom. The summed E-state index contributed by atoms with van der Waals surface area (Å²) in [5, 5.41) is 12.8. The van der Waals surface area contributed by atoms with Crippen LogP contribution >= 0.6 is 0 Å². The van der Waals surface area contributed by atoms with Gasteiger partial charge in [0.2, 0.25) is 11.8 Å². The number of carbonyl (C=O) groups is 2. The number of nitro benzene ring substituents is 1. The molecule has 0 radical (unpaired) electrons. The van der Waals surface area contributed by atoms with Gasteiger partial charge in [-0.3, -0.25) is 25.0 Å². The average Bonchev–Trinajstić information content (AvgIpc) is 2.30. The van der Waals surface area contributed by atoms with Crippen molar-refractivity contribution < 1.29 is 23.3 Å². The van der Waals surface area contributed by atoms with Crippen LogP contribution in [0.5, 0.6) is 0 Å². The highest BCUT2D eigenvalue weighted by Crippen LogP contribution is 2.32. The lowest BCUT2D eigenvalue weighted by Gasteiger charge is -2.27. The molecule has 100 valence electrons. The summed E-state index contributed by atoms with van der Waals surface area (Å²) in [6.07, 6.45) is 0. The molecule has 1 fully saturated rings. The molecule has 0 bridgehead atoms. The number of carbonyl (C=O) groups excluding carboxylic acids is 2. The van der Waals surface area contributed by atoms with E-state index in [4.69, 9.17) is 0 Å². The number of halogens is 2. The van der Waals surface area contributed by atoms with Crippen LogP contribution in [-0.2, 0) is 9.59 Å². The Labute approximate surface area is 105 Å². The molecule has 1 aromatic carbocycles. The third-order valence-corrected chi connectivity index (χ3v) is 2.51. The van der Waals surface area contributed by atoms with Crippen molar-refractivity contribution in [2.24, 2.45) is 0 Å². The lowest BCUT2D eigenvalue weighted by molar-refractivity contribution is -0.384. The van der Waals surface area contributed by atoms with E-state index < -0.39 is 52.8 Å². The Bertz CT molecular complexity index is 574. The molecule has 1 aliphatic heterocycles. The standard InChI is InChI=1S/C10H7F2N3O4/c11-5-1-2-6(15(18)19)10(9(5)12)14-3-7(16)13-8(17)4-14/h1-2H,3-4H2,(H,13,16,17). The van der Waals surface area contributed by atoms with Crippen molar-refractivity contribution >= 4 is 23.2 Å². The average molecular weight is 271 g/mol. The van der Waals surface area contributed by atoms with E-state index in [1.54, 1.807) is 0 Å². The van der Waals surface area contributed by atoms with E-state index in [9.17, 15) is 28.5 Å². The van der Waals surface area contributed by atoms with Crippen LogP contribution in [0.3, 0.4) is 0 Å². The molecule has 0 aliphatic carbocycles. The summed E-state index contributed by atoms with van der Waals surface area (Å²) in [5.41, 5.74) is -1.41. The molecule has 19 heavy (non-hydrogen) atoms. The number of rotatable bonds is 2. The van der Waals surface area contributed by atoms with Gasteiger partial charge < -0.3 is 4.90 Å². The second kappa shape index (κ2) is 4.59. The van der Waals surface area contributed by atoms with Gasteiger partial charge in [0.1, 0.15) is 0 Å². The van der Waals surface area contributed by atoms with Gasteiger partial charge >= 0.3 is 0 Å². The zero-order valence-corrected chi connectivity index (χ0v) is 9.35. The van der Waals surface area contributed by atoms with Crippen LogP contribution in [0, 0.1) is 21.7 Å². The minimum absolute atomic E-state index is 0.465. The lowest BCUT2D eigenvalue weighted by atomic mass is 10.2. The topological polar surface area (TPSA) is 92.6 Å². The van der Waals surface area contributed by atoms with E-state index in [1.165, 1.54) is 0 Å². The van der Waals surface area contributed by atoms with Crippen LogP contribution in [0.25, 0.3) is 0 Å². The fourth-order valence-corrected chi connectivity index (χ4v) is 1.77. The molecule has 2 amide bonds. The number of piperazine rings is 1. The van der Waals surface area contributed by atoms with E-state index in [-0.39, 0.29) is 0 Å². The van der Waals surface area contributed by atoms with Crippen molar-refractivity contribution in [2.75, 3.05) is 18.0 Å². The number of hydrogen-bond donors (Lipinski definition) is 1. The van der Waals surface area contributed by atoms with Crippen molar-refractivity contribution in [3.63, 3.8) is 0 Å². The molecule has 0 unspecified atom stereocenters. The molecule has 0 atom stereocenters. The largest absolute Gasteiger partial charge is 0.345 e. The maximum atomic E-state index is 13.7. The van der Waals surface area contributed by atoms with E-state index in [1.807, 2.05) is 5.32 Å².